The summed E-state index contributed by atoms with van der Waals surface area (Å²) in [7, 11) is 0. The van der Waals surface area contributed by atoms with Gasteiger partial charge in [0.2, 0.25) is 0 Å². The molecule has 0 aliphatic carbocycles. The summed E-state index contributed by atoms with van der Waals surface area (Å²) in [6, 6.07) is 1.84. The molecule has 0 aliphatic heterocycles. The molecule has 0 saturated carbocycles. The highest BCUT2D eigenvalue weighted by Crippen LogP contribution is 2.21. The molecular formula is C17H22N2O4. The third-order valence-corrected chi connectivity index (χ3v) is 3.32. The van der Waals surface area contributed by atoms with E-state index >= 15 is 0 Å². The van der Waals surface area contributed by atoms with E-state index in [1.807, 2.05) is 13.0 Å². The number of aromatic nitrogens is 1. The van der Waals surface area contributed by atoms with Crippen LogP contribution in [0.15, 0.2) is 5.57 Å². The Morgan fingerprint density at radius 3 is 2.52 bits per heavy atom. The van der Waals surface area contributed by atoms with E-state index in [-0.39, 0.29) is 18.8 Å². The van der Waals surface area contributed by atoms with Gasteiger partial charge in [0.05, 0.1) is 18.8 Å². The highest BCUT2D eigenvalue weighted by atomic mass is 16.5. The van der Waals surface area contributed by atoms with Crippen LogP contribution in [-0.2, 0) is 14.3 Å². The van der Waals surface area contributed by atoms with Gasteiger partial charge in [0.15, 0.2) is 0 Å². The molecule has 1 heterocycles. The van der Waals surface area contributed by atoms with Gasteiger partial charge in [-0.3, -0.25) is 0 Å². The summed E-state index contributed by atoms with van der Waals surface area (Å²) >= 11 is 0. The van der Waals surface area contributed by atoms with Crippen molar-refractivity contribution in [3.63, 3.8) is 0 Å². The molecule has 0 aliphatic rings. The second-order valence-electron chi connectivity index (χ2n) is 5.04. The molecule has 23 heavy (non-hydrogen) atoms. The summed E-state index contributed by atoms with van der Waals surface area (Å²) in [6.07, 6.45) is 3.05. The van der Waals surface area contributed by atoms with Crippen molar-refractivity contribution in [2.24, 2.45) is 0 Å². The number of nitrogens with zero attached hydrogens (tertiary/aromatic N) is 1. The molecule has 6 nitrogen and oxygen atoms in total. The van der Waals surface area contributed by atoms with Gasteiger partial charge in [-0.2, -0.15) is 5.26 Å². The van der Waals surface area contributed by atoms with Crippen molar-refractivity contribution in [1.29, 1.82) is 5.26 Å². The highest BCUT2D eigenvalue weighted by Gasteiger charge is 2.20. The molecule has 0 fully saturated rings. The summed E-state index contributed by atoms with van der Waals surface area (Å²) in [6.45, 7) is 7.75. The zero-order chi connectivity index (χ0) is 17.4. The van der Waals surface area contributed by atoms with E-state index in [1.54, 1.807) is 20.8 Å². The number of aromatic amines is 1. The van der Waals surface area contributed by atoms with Crippen LogP contribution in [0.1, 0.15) is 54.0 Å². The van der Waals surface area contributed by atoms with Gasteiger partial charge in [0.1, 0.15) is 11.6 Å². The Balaban J connectivity index is 3.06. The molecule has 1 aromatic heterocycles. The Bertz CT molecular complexity index is 650. The quantitative estimate of drug-likeness (QED) is 0.361. The maximum atomic E-state index is 11.9. The number of rotatable bonds is 7. The predicted octanol–water partition coefficient (Wildman–Crippen LogP) is 3.06. The molecule has 0 saturated heterocycles. The van der Waals surface area contributed by atoms with Gasteiger partial charge in [-0.15, -0.1) is 0 Å². The lowest BCUT2D eigenvalue weighted by Crippen LogP contribution is -2.08. The number of unbranched alkanes of at least 4 members (excludes halogenated alkanes) is 1. The number of H-pyrrole nitrogens is 1. The number of hydrogen-bond donors (Lipinski definition) is 1. The van der Waals surface area contributed by atoms with Crippen LogP contribution in [-0.4, -0.2) is 30.1 Å². The van der Waals surface area contributed by atoms with Crippen molar-refractivity contribution in [3.8, 4) is 6.07 Å². The van der Waals surface area contributed by atoms with Crippen LogP contribution in [0.2, 0.25) is 0 Å². The monoisotopic (exact) mass is 318 g/mol. The summed E-state index contributed by atoms with van der Waals surface area (Å²) in [5.74, 6) is -1.09. The minimum atomic E-state index is -0.662. The Hall–Kier alpha value is -2.55. The second-order valence-corrected chi connectivity index (χ2v) is 5.04. The topological polar surface area (TPSA) is 92.2 Å². The van der Waals surface area contributed by atoms with Crippen LogP contribution in [0.3, 0.4) is 0 Å². The molecule has 0 aromatic carbocycles. The molecular weight excluding hydrogens is 296 g/mol. The number of carbonyl (C=O) groups excluding carboxylic acids is 2. The number of aryl methyl sites for hydroxylation is 1. The van der Waals surface area contributed by atoms with E-state index in [2.05, 4.69) is 4.98 Å². The maximum Gasteiger partial charge on any atom is 0.348 e. The van der Waals surface area contributed by atoms with Crippen molar-refractivity contribution in [3.05, 3.63) is 28.1 Å². The first-order valence-electron chi connectivity index (χ1n) is 7.61. The fourth-order valence-corrected chi connectivity index (χ4v) is 2.10. The lowest BCUT2D eigenvalue weighted by molar-refractivity contribution is -0.138. The highest BCUT2D eigenvalue weighted by molar-refractivity contribution is 5.99. The number of esters is 2. The van der Waals surface area contributed by atoms with Gasteiger partial charge in [-0.05, 0) is 38.8 Å². The van der Waals surface area contributed by atoms with Crippen molar-refractivity contribution in [2.45, 2.75) is 40.5 Å². The molecule has 0 unspecified atom stereocenters. The van der Waals surface area contributed by atoms with E-state index in [0.29, 0.717) is 22.5 Å². The summed E-state index contributed by atoms with van der Waals surface area (Å²) in [5, 5.41) is 9.15. The van der Waals surface area contributed by atoms with Crippen molar-refractivity contribution in [1.82, 2.24) is 4.98 Å². The Morgan fingerprint density at radius 1 is 1.26 bits per heavy atom. The Labute approximate surface area is 136 Å². The average Bonchev–Trinajstić information content (AvgIpc) is 2.79. The Morgan fingerprint density at radius 2 is 1.96 bits per heavy atom. The first-order chi connectivity index (χ1) is 11.0. The van der Waals surface area contributed by atoms with Crippen molar-refractivity contribution >= 4 is 18.0 Å². The number of hydrogen-bond acceptors (Lipinski definition) is 5. The lowest BCUT2D eigenvalue weighted by atomic mass is 10.1. The van der Waals surface area contributed by atoms with E-state index in [1.165, 1.54) is 6.08 Å². The lowest BCUT2D eigenvalue weighted by Gasteiger charge is -2.03. The first kappa shape index (κ1) is 18.5. The van der Waals surface area contributed by atoms with Crippen LogP contribution in [0.25, 0.3) is 6.08 Å². The van der Waals surface area contributed by atoms with Gasteiger partial charge < -0.3 is 14.5 Å². The van der Waals surface area contributed by atoms with E-state index in [9.17, 15) is 9.59 Å². The molecule has 0 radical (unpaired) electrons. The zero-order valence-electron chi connectivity index (χ0n) is 14.0. The van der Waals surface area contributed by atoms with Crippen LogP contribution in [0.4, 0.5) is 0 Å². The van der Waals surface area contributed by atoms with Gasteiger partial charge in [-0.1, -0.05) is 13.3 Å². The fourth-order valence-electron chi connectivity index (χ4n) is 2.10. The fraction of sp³-hybridized carbons (Fsp3) is 0.471. The van der Waals surface area contributed by atoms with Crippen molar-refractivity contribution < 1.29 is 19.1 Å². The van der Waals surface area contributed by atoms with Crippen LogP contribution in [0, 0.1) is 25.2 Å². The minimum absolute atomic E-state index is 0.110. The van der Waals surface area contributed by atoms with Gasteiger partial charge in [-0.25, -0.2) is 9.59 Å². The van der Waals surface area contributed by atoms with E-state index in [4.69, 9.17) is 14.7 Å². The number of nitriles is 1. The summed E-state index contributed by atoms with van der Waals surface area (Å²) in [5.41, 5.74) is 2.10. The number of carbonyl (C=O) groups is 2. The number of nitrogens with one attached hydrogen (secondary N) is 1. The molecule has 124 valence electrons. The third-order valence-electron chi connectivity index (χ3n) is 3.32. The van der Waals surface area contributed by atoms with Gasteiger partial charge in [0, 0.05) is 11.4 Å². The van der Waals surface area contributed by atoms with E-state index in [0.717, 1.165) is 12.8 Å². The SMILES string of the molecule is CCCCOC(=O)/C(C#N)=C/c1[nH]c(C)c(C(=O)OCC)c1C. The van der Waals surface area contributed by atoms with E-state index < -0.39 is 11.9 Å². The maximum absolute atomic E-state index is 11.9. The molecule has 6 heteroatoms. The Kier molecular flexibility index (Phi) is 7.07. The molecule has 1 aromatic rings. The van der Waals surface area contributed by atoms with Crippen LogP contribution in [0.5, 0.6) is 0 Å². The molecule has 0 atom stereocenters. The summed E-state index contributed by atoms with van der Waals surface area (Å²) < 4.78 is 10.0. The minimum Gasteiger partial charge on any atom is -0.462 e. The molecule has 0 bridgehead atoms. The number of ether oxygens (including phenoxy) is 2. The molecule has 0 spiro atoms. The normalized spacial score (nSPS) is 11.0. The largest absolute Gasteiger partial charge is 0.462 e. The van der Waals surface area contributed by atoms with Crippen LogP contribution >= 0.6 is 0 Å². The van der Waals surface area contributed by atoms with Gasteiger partial charge in [0.25, 0.3) is 0 Å². The zero-order valence-corrected chi connectivity index (χ0v) is 14.0. The van der Waals surface area contributed by atoms with Crippen LogP contribution < -0.4 is 0 Å². The molecule has 1 N–H and O–H groups in total. The first-order valence-corrected chi connectivity index (χ1v) is 7.61. The van der Waals surface area contributed by atoms with Crippen molar-refractivity contribution in [2.75, 3.05) is 13.2 Å². The molecule has 1 rings (SSSR count). The summed E-state index contributed by atoms with van der Waals surface area (Å²) in [4.78, 5) is 26.8. The average molecular weight is 318 g/mol. The third kappa shape index (κ3) is 4.71. The predicted molar refractivity (Wildman–Crippen MR) is 85.7 cm³/mol. The van der Waals surface area contributed by atoms with Gasteiger partial charge >= 0.3 is 11.9 Å². The smallest absolute Gasteiger partial charge is 0.348 e. The molecule has 0 amide bonds. The standard InChI is InChI=1S/C17H22N2O4/c1-5-7-8-23-16(20)13(10-18)9-14-11(3)15(12(4)19-14)17(21)22-6-2/h9,19H,5-8H2,1-4H3/b13-9+. The second kappa shape index (κ2) is 8.79.